The summed E-state index contributed by atoms with van der Waals surface area (Å²) in [6, 6.07) is 0. The van der Waals surface area contributed by atoms with Gasteiger partial charge in [0, 0.05) is 43.6 Å². The maximum atomic E-state index is 11.1. The topological polar surface area (TPSA) is 43.8 Å². The molecule has 18 heavy (non-hydrogen) atoms. The van der Waals surface area contributed by atoms with E-state index in [1.807, 2.05) is 0 Å². The number of carboxylic acids is 1. The van der Waals surface area contributed by atoms with Gasteiger partial charge in [-0.3, -0.25) is 9.80 Å². The lowest BCUT2D eigenvalue weighted by atomic mass is 9.62. The molecule has 4 heteroatoms. The first-order valence-corrected chi connectivity index (χ1v) is 6.88. The lowest BCUT2D eigenvalue weighted by molar-refractivity contribution is -0.132. The van der Waals surface area contributed by atoms with Gasteiger partial charge in [0.15, 0.2) is 0 Å². The van der Waals surface area contributed by atoms with Crippen LogP contribution in [0.1, 0.15) is 20.3 Å². The van der Waals surface area contributed by atoms with E-state index in [0.29, 0.717) is 11.8 Å². The van der Waals surface area contributed by atoms with Crippen LogP contribution in [0.5, 0.6) is 0 Å². The molecule has 0 amide bonds. The second kappa shape index (κ2) is 4.07. The predicted molar refractivity (Wildman–Crippen MR) is 69.1 cm³/mol. The molecule has 4 aliphatic heterocycles. The number of hydrogen-bond donors (Lipinski definition) is 1. The Kier molecular flexibility index (Phi) is 2.75. The normalized spacial score (nSPS) is 43.9. The summed E-state index contributed by atoms with van der Waals surface area (Å²) in [6.45, 7) is 9.76. The molecule has 100 valence electrons. The quantitative estimate of drug-likeness (QED) is 0.766. The van der Waals surface area contributed by atoms with Crippen LogP contribution in [0.4, 0.5) is 0 Å². The minimum atomic E-state index is -0.773. The van der Waals surface area contributed by atoms with Crippen molar-refractivity contribution < 1.29 is 9.90 Å². The zero-order valence-corrected chi connectivity index (χ0v) is 11.2. The predicted octanol–water partition coefficient (Wildman–Crippen LogP) is 1.25. The lowest BCUT2D eigenvalue weighted by Crippen LogP contribution is -2.68. The van der Waals surface area contributed by atoms with Crippen LogP contribution in [0, 0.1) is 17.3 Å². The highest BCUT2D eigenvalue weighted by Crippen LogP contribution is 2.49. The zero-order valence-electron chi connectivity index (χ0n) is 11.2. The van der Waals surface area contributed by atoms with Gasteiger partial charge in [-0.2, -0.15) is 0 Å². The van der Waals surface area contributed by atoms with Crippen LogP contribution in [-0.4, -0.2) is 53.7 Å². The standard InChI is InChI=1S/C14H22N2O2/c1-10(2)4-14-7-15-5-11(6-16(8-14)9-15)12(14)3-13(17)18/h3,10-11H,4-9H2,1-2H3,(H,17,18)/b12-3+. The molecule has 0 saturated carbocycles. The van der Waals surface area contributed by atoms with Crippen LogP contribution in [0.2, 0.25) is 0 Å². The van der Waals surface area contributed by atoms with E-state index in [9.17, 15) is 4.79 Å². The van der Waals surface area contributed by atoms with Crippen LogP contribution in [0.3, 0.4) is 0 Å². The first-order valence-electron chi connectivity index (χ1n) is 6.88. The van der Waals surface area contributed by atoms with Crippen molar-refractivity contribution in [2.75, 3.05) is 32.8 Å². The Balaban J connectivity index is 1.98. The molecule has 0 aliphatic carbocycles. The van der Waals surface area contributed by atoms with E-state index in [1.165, 1.54) is 11.6 Å². The number of piperidine rings is 2. The van der Waals surface area contributed by atoms with E-state index in [0.717, 1.165) is 39.3 Å². The number of rotatable bonds is 3. The molecule has 4 saturated heterocycles. The molecule has 2 atom stereocenters. The average molecular weight is 250 g/mol. The average Bonchev–Trinajstić information content (AvgIpc) is 2.20. The SMILES string of the molecule is CC(C)CC12CN3CC(CN(C3)C1)/C2=C\C(=O)O. The molecule has 0 radical (unpaired) electrons. The third kappa shape index (κ3) is 1.88. The van der Waals surface area contributed by atoms with Crippen LogP contribution >= 0.6 is 0 Å². The van der Waals surface area contributed by atoms with Crippen molar-refractivity contribution >= 4 is 5.97 Å². The summed E-state index contributed by atoms with van der Waals surface area (Å²) < 4.78 is 0. The van der Waals surface area contributed by atoms with E-state index in [4.69, 9.17) is 5.11 Å². The fraction of sp³-hybridized carbons (Fsp3) is 0.786. The van der Waals surface area contributed by atoms with Crippen molar-refractivity contribution in [1.29, 1.82) is 0 Å². The van der Waals surface area contributed by atoms with Gasteiger partial charge in [-0.05, 0) is 17.9 Å². The van der Waals surface area contributed by atoms with Crippen molar-refractivity contribution in [3.05, 3.63) is 11.6 Å². The zero-order chi connectivity index (χ0) is 12.9. The lowest BCUT2D eigenvalue weighted by Gasteiger charge is -2.61. The molecule has 4 rings (SSSR count). The Morgan fingerprint density at radius 2 is 2.06 bits per heavy atom. The molecule has 4 fully saturated rings. The molecule has 0 aromatic carbocycles. The van der Waals surface area contributed by atoms with Crippen molar-refractivity contribution in [3.63, 3.8) is 0 Å². The van der Waals surface area contributed by atoms with Crippen LogP contribution in [0.15, 0.2) is 11.6 Å². The maximum absolute atomic E-state index is 11.1. The Morgan fingerprint density at radius 1 is 1.44 bits per heavy atom. The van der Waals surface area contributed by atoms with Gasteiger partial charge in [0.05, 0.1) is 6.67 Å². The number of hydrogen-bond acceptors (Lipinski definition) is 3. The summed E-state index contributed by atoms with van der Waals surface area (Å²) in [7, 11) is 0. The van der Waals surface area contributed by atoms with Crippen LogP contribution in [0.25, 0.3) is 0 Å². The molecule has 0 aromatic rings. The molecule has 1 N–H and O–H groups in total. The number of carbonyl (C=O) groups is 1. The summed E-state index contributed by atoms with van der Waals surface area (Å²) in [5.74, 6) is 0.280. The molecule has 2 unspecified atom stereocenters. The smallest absolute Gasteiger partial charge is 0.328 e. The number of nitrogens with zero attached hydrogens (tertiary/aromatic N) is 2. The second-order valence-electron chi connectivity index (χ2n) is 6.68. The minimum Gasteiger partial charge on any atom is -0.478 e. The van der Waals surface area contributed by atoms with E-state index in [2.05, 4.69) is 23.6 Å². The van der Waals surface area contributed by atoms with E-state index in [-0.39, 0.29) is 5.41 Å². The van der Waals surface area contributed by atoms with Gasteiger partial charge in [0.2, 0.25) is 0 Å². The maximum Gasteiger partial charge on any atom is 0.328 e. The van der Waals surface area contributed by atoms with Gasteiger partial charge in [0.25, 0.3) is 0 Å². The highest BCUT2D eigenvalue weighted by molar-refractivity contribution is 5.81. The first kappa shape index (κ1) is 12.2. The van der Waals surface area contributed by atoms with E-state index in [1.54, 1.807) is 0 Å². The summed E-state index contributed by atoms with van der Waals surface area (Å²) >= 11 is 0. The highest BCUT2D eigenvalue weighted by Gasteiger charge is 2.52. The molecule has 4 bridgehead atoms. The molecule has 4 aliphatic rings. The Bertz CT molecular complexity index is 383. The molecular formula is C14H22N2O2. The summed E-state index contributed by atoms with van der Waals surface area (Å²) in [4.78, 5) is 16.1. The molecule has 4 nitrogen and oxygen atoms in total. The van der Waals surface area contributed by atoms with Crippen molar-refractivity contribution in [2.45, 2.75) is 20.3 Å². The monoisotopic (exact) mass is 250 g/mol. The van der Waals surface area contributed by atoms with E-state index >= 15 is 0 Å². The van der Waals surface area contributed by atoms with Gasteiger partial charge in [-0.25, -0.2) is 4.79 Å². The van der Waals surface area contributed by atoms with Crippen molar-refractivity contribution in [2.24, 2.45) is 17.3 Å². The third-order valence-corrected chi connectivity index (χ3v) is 4.54. The van der Waals surface area contributed by atoms with Crippen molar-refractivity contribution in [1.82, 2.24) is 9.80 Å². The van der Waals surface area contributed by atoms with Gasteiger partial charge in [0.1, 0.15) is 0 Å². The third-order valence-electron chi connectivity index (χ3n) is 4.54. The summed E-state index contributed by atoms with van der Waals surface area (Å²) in [5, 5.41) is 9.14. The largest absolute Gasteiger partial charge is 0.478 e. The summed E-state index contributed by atoms with van der Waals surface area (Å²) in [6.07, 6.45) is 2.63. The number of carboxylic acid groups (broad SMARTS) is 1. The molecular weight excluding hydrogens is 228 g/mol. The Hall–Kier alpha value is -0.870. The highest BCUT2D eigenvalue weighted by atomic mass is 16.4. The van der Waals surface area contributed by atoms with Gasteiger partial charge >= 0.3 is 5.97 Å². The molecule has 0 spiro atoms. The van der Waals surface area contributed by atoms with Gasteiger partial charge in [-0.15, -0.1) is 0 Å². The van der Waals surface area contributed by atoms with Gasteiger partial charge < -0.3 is 5.11 Å². The molecule has 0 aromatic heterocycles. The first-order chi connectivity index (χ1) is 8.48. The Labute approximate surface area is 108 Å². The summed E-state index contributed by atoms with van der Waals surface area (Å²) in [5.41, 5.74) is 1.32. The van der Waals surface area contributed by atoms with E-state index < -0.39 is 5.97 Å². The molecule has 4 heterocycles. The number of aliphatic carboxylic acids is 1. The van der Waals surface area contributed by atoms with Crippen molar-refractivity contribution in [3.8, 4) is 0 Å². The van der Waals surface area contributed by atoms with Crippen LogP contribution in [-0.2, 0) is 4.79 Å². The fourth-order valence-electron chi connectivity index (χ4n) is 4.46. The van der Waals surface area contributed by atoms with Gasteiger partial charge in [-0.1, -0.05) is 13.8 Å². The second-order valence-corrected chi connectivity index (χ2v) is 6.68. The Morgan fingerprint density at radius 3 is 2.56 bits per heavy atom. The minimum absolute atomic E-state index is 0.103. The fourth-order valence-corrected chi connectivity index (χ4v) is 4.46. The van der Waals surface area contributed by atoms with Crippen LogP contribution < -0.4 is 0 Å².